The van der Waals surface area contributed by atoms with Crippen LogP contribution in [0.25, 0.3) is 0 Å². The lowest BCUT2D eigenvalue weighted by molar-refractivity contribution is 0.363. The summed E-state index contributed by atoms with van der Waals surface area (Å²) in [5.41, 5.74) is 0. The number of hydrogen-bond acceptors (Lipinski definition) is 2. The maximum absolute atomic E-state index is 3.75. The maximum atomic E-state index is 3.75. The van der Waals surface area contributed by atoms with Crippen LogP contribution in [0.2, 0.25) is 0 Å². The molecule has 1 nitrogen and oxygen atoms in total. The molecule has 0 aromatic carbocycles. The standard InChI is InChI=1S/C14H20BrNS/c1-9(14-13(15)6-7-17-14)16-8-12(10-2-3-10)11-4-5-11/h6-7,9-12,16H,2-5,8H2,1H3. The molecule has 94 valence electrons. The van der Waals surface area contributed by atoms with Gasteiger partial charge in [0, 0.05) is 15.4 Å². The topological polar surface area (TPSA) is 12.0 Å². The van der Waals surface area contributed by atoms with Crippen molar-refractivity contribution in [2.45, 2.75) is 38.6 Å². The van der Waals surface area contributed by atoms with Gasteiger partial charge in [-0.2, -0.15) is 0 Å². The van der Waals surface area contributed by atoms with E-state index in [4.69, 9.17) is 0 Å². The number of rotatable bonds is 6. The van der Waals surface area contributed by atoms with Crippen molar-refractivity contribution in [3.8, 4) is 0 Å². The summed E-state index contributed by atoms with van der Waals surface area (Å²) in [6, 6.07) is 2.64. The third-order valence-corrected chi connectivity index (χ3v) is 6.21. The molecule has 0 saturated heterocycles. The van der Waals surface area contributed by atoms with Crippen molar-refractivity contribution in [3.05, 3.63) is 20.8 Å². The molecule has 0 bridgehead atoms. The van der Waals surface area contributed by atoms with Crippen LogP contribution in [0.3, 0.4) is 0 Å². The fourth-order valence-electron chi connectivity index (χ4n) is 2.79. The molecule has 1 aromatic rings. The van der Waals surface area contributed by atoms with Crippen molar-refractivity contribution in [2.24, 2.45) is 17.8 Å². The van der Waals surface area contributed by atoms with Crippen LogP contribution < -0.4 is 5.32 Å². The predicted octanol–water partition coefficient (Wildman–Crippen LogP) is 4.60. The number of thiophene rings is 1. The second-order valence-electron chi connectivity index (χ2n) is 5.60. The van der Waals surface area contributed by atoms with E-state index in [2.05, 4.69) is 39.6 Å². The largest absolute Gasteiger partial charge is 0.309 e. The van der Waals surface area contributed by atoms with Crippen LogP contribution >= 0.6 is 27.3 Å². The monoisotopic (exact) mass is 313 g/mol. The summed E-state index contributed by atoms with van der Waals surface area (Å²) in [7, 11) is 0. The average Bonchev–Trinajstić information content (AvgIpc) is 3.20. The summed E-state index contributed by atoms with van der Waals surface area (Å²) in [5.74, 6) is 3.07. The van der Waals surface area contributed by atoms with E-state index in [-0.39, 0.29) is 0 Å². The van der Waals surface area contributed by atoms with E-state index in [1.807, 2.05) is 11.3 Å². The lowest BCUT2D eigenvalue weighted by atomic mass is 9.97. The normalized spacial score (nSPS) is 22.1. The van der Waals surface area contributed by atoms with Gasteiger partial charge in [-0.3, -0.25) is 0 Å². The molecule has 0 amide bonds. The van der Waals surface area contributed by atoms with Crippen LogP contribution in [0.4, 0.5) is 0 Å². The smallest absolute Gasteiger partial charge is 0.0397 e. The zero-order valence-corrected chi connectivity index (χ0v) is 12.7. The SMILES string of the molecule is CC(NCC(C1CC1)C1CC1)c1sccc1Br. The molecular formula is C14H20BrNS. The van der Waals surface area contributed by atoms with E-state index >= 15 is 0 Å². The predicted molar refractivity (Wildman–Crippen MR) is 77.4 cm³/mol. The molecule has 2 aliphatic rings. The molecule has 0 radical (unpaired) electrons. The molecule has 0 spiro atoms. The second-order valence-corrected chi connectivity index (χ2v) is 7.40. The van der Waals surface area contributed by atoms with Crippen LogP contribution in [0.1, 0.15) is 43.5 Å². The Kier molecular flexibility index (Phi) is 3.60. The first-order valence-electron chi connectivity index (χ1n) is 6.72. The molecule has 1 unspecified atom stereocenters. The Morgan fingerprint density at radius 3 is 2.47 bits per heavy atom. The summed E-state index contributed by atoms with van der Waals surface area (Å²) in [6.45, 7) is 3.51. The summed E-state index contributed by atoms with van der Waals surface area (Å²) in [6.07, 6.45) is 5.94. The molecule has 1 heterocycles. The first kappa shape index (κ1) is 12.2. The molecule has 3 heteroatoms. The van der Waals surface area contributed by atoms with Gasteiger partial charge in [-0.15, -0.1) is 11.3 Å². The van der Waals surface area contributed by atoms with Gasteiger partial charge in [0.25, 0.3) is 0 Å². The van der Waals surface area contributed by atoms with Gasteiger partial charge >= 0.3 is 0 Å². The highest BCUT2D eigenvalue weighted by atomic mass is 79.9. The molecule has 1 atom stereocenters. The van der Waals surface area contributed by atoms with E-state index < -0.39 is 0 Å². The van der Waals surface area contributed by atoms with Crippen LogP contribution in [0, 0.1) is 17.8 Å². The fraction of sp³-hybridized carbons (Fsp3) is 0.714. The minimum atomic E-state index is 0.490. The van der Waals surface area contributed by atoms with Crippen LogP contribution in [-0.2, 0) is 0 Å². The number of halogens is 1. The first-order chi connectivity index (χ1) is 8.25. The zero-order valence-electron chi connectivity index (χ0n) is 10.3. The third-order valence-electron chi connectivity index (χ3n) is 4.15. The van der Waals surface area contributed by atoms with Crippen molar-refractivity contribution in [1.82, 2.24) is 5.32 Å². The minimum absolute atomic E-state index is 0.490. The second kappa shape index (κ2) is 5.02. The van der Waals surface area contributed by atoms with Gasteiger partial charge < -0.3 is 5.32 Å². The van der Waals surface area contributed by atoms with Crippen molar-refractivity contribution >= 4 is 27.3 Å². The molecule has 1 aromatic heterocycles. The maximum Gasteiger partial charge on any atom is 0.0397 e. The Bertz CT molecular complexity index is 369. The molecule has 2 fully saturated rings. The van der Waals surface area contributed by atoms with Gasteiger partial charge in [-0.1, -0.05) is 0 Å². The molecule has 3 rings (SSSR count). The van der Waals surface area contributed by atoms with Gasteiger partial charge in [0.1, 0.15) is 0 Å². The van der Waals surface area contributed by atoms with E-state index in [1.54, 1.807) is 0 Å². The molecule has 17 heavy (non-hydrogen) atoms. The fourth-order valence-corrected chi connectivity index (χ4v) is 4.54. The Hall–Kier alpha value is 0.140. The van der Waals surface area contributed by atoms with Gasteiger partial charge in [0.05, 0.1) is 0 Å². The van der Waals surface area contributed by atoms with E-state index in [0.717, 1.165) is 17.8 Å². The molecular weight excluding hydrogens is 294 g/mol. The average molecular weight is 314 g/mol. The van der Waals surface area contributed by atoms with Crippen molar-refractivity contribution in [3.63, 3.8) is 0 Å². The number of hydrogen-bond donors (Lipinski definition) is 1. The van der Waals surface area contributed by atoms with Crippen molar-refractivity contribution < 1.29 is 0 Å². The molecule has 2 saturated carbocycles. The highest BCUT2D eigenvalue weighted by Gasteiger charge is 2.41. The Morgan fingerprint density at radius 1 is 1.35 bits per heavy atom. The number of nitrogens with one attached hydrogen (secondary N) is 1. The Morgan fingerprint density at radius 2 is 2.00 bits per heavy atom. The third kappa shape index (κ3) is 2.94. The van der Waals surface area contributed by atoms with Crippen LogP contribution in [-0.4, -0.2) is 6.54 Å². The molecule has 0 aliphatic heterocycles. The van der Waals surface area contributed by atoms with Gasteiger partial charge in [0.2, 0.25) is 0 Å². The van der Waals surface area contributed by atoms with E-state index in [0.29, 0.717) is 6.04 Å². The molecule has 2 aliphatic carbocycles. The van der Waals surface area contributed by atoms with Crippen LogP contribution in [0.5, 0.6) is 0 Å². The quantitative estimate of drug-likeness (QED) is 0.809. The Labute approximate surface area is 116 Å². The van der Waals surface area contributed by atoms with Gasteiger partial charge in [0.15, 0.2) is 0 Å². The lowest BCUT2D eigenvalue weighted by Gasteiger charge is -2.20. The van der Waals surface area contributed by atoms with E-state index in [1.165, 1.54) is 41.6 Å². The summed E-state index contributed by atoms with van der Waals surface area (Å²) in [5, 5.41) is 5.91. The van der Waals surface area contributed by atoms with Gasteiger partial charge in [-0.25, -0.2) is 0 Å². The zero-order chi connectivity index (χ0) is 11.8. The van der Waals surface area contributed by atoms with Crippen molar-refractivity contribution in [1.29, 1.82) is 0 Å². The summed E-state index contributed by atoms with van der Waals surface area (Å²) >= 11 is 5.47. The highest BCUT2D eigenvalue weighted by molar-refractivity contribution is 9.10. The molecule has 1 N–H and O–H groups in total. The lowest BCUT2D eigenvalue weighted by Crippen LogP contribution is -2.27. The van der Waals surface area contributed by atoms with Gasteiger partial charge in [-0.05, 0) is 84.3 Å². The summed E-state index contributed by atoms with van der Waals surface area (Å²) < 4.78 is 1.26. The van der Waals surface area contributed by atoms with E-state index in [9.17, 15) is 0 Å². The summed E-state index contributed by atoms with van der Waals surface area (Å²) in [4.78, 5) is 1.44. The Balaban J connectivity index is 1.54. The van der Waals surface area contributed by atoms with Crippen molar-refractivity contribution in [2.75, 3.05) is 6.54 Å². The van der Waals surface area contributed by atoms with Crippen LogP contribution in [0.15, 0.2) is 15.9 Å². The highest BCUT2D eigenvalue weighted by Crippen LogP contribution is 2.49. The minimum Gasteiger partial charge on any atom is -0.309 e. The first-order valence-corrected chi connectivity index (χ1v) is 8.39.